The van der Waals surface area contributed by atoms with Gasteiger partial charge < -0.3 is 4.90 Å². The Balaban J connectivity index is 2.32. The van der Waals surface area contributed by atoms with E-state index >= 15 is 0 Å². The van der Waals surface area contributed by atoms with Crippen LogP contribution >= 0.6 is 23.5 Å². The van der Waals surface area contributed by atoms with E-state index in [-0.39, 0.29) is 0 Å². The molecule has 0 aliphatic heterocycles. The molecule has 1 heterocycles. The third kappa shape index (κ3) is 5.18. The van der Waals surface area contributed by atoms with E-state index in [0.717, 1.165) is 29.8 Å². The molecule has 0 aliphatic carbocycles. The van der Waals surface area contributed by atoms with Gasteiger partial charge in [0.25, 0.3) is 0 Å². The minimum Gasteiger partial charge on any atom is -0.308 e. The van der Waals surface area contributed by atoms with Crippen LogP contribution in [0.2, 0.25) is 0 Å². The van der Waals surface area contributed by atoms with Crippen molar-refractivity contribution in [2.75, 3.05) is 37.9 Å². The van der Waals surface area contributed by atoms with Crippen molar-refractivity contribution in [3.63, 3.8) is 0 Å². The molecule has 0 saturated carbocycles. The monoisotopic (exact) mass is 261 g/mol. The topological polar surface area (TPSA) is 46.8 Å². The Hall–Kier alpha value is -0.270. The zero-order chi connectivity index (χ0) is 11.8. The van der Waals surface area contributed by atoms with Gasteiger partial charge in [-0.1, -0.05) is 18.7 Å². The first kappa shape index (κ1) is 13.8. The van der Waals surface area contributed by atoms with Crippen molar-refractivity contribution in [2.45, 2.75) is 18.6 Å². The van der Waals surface area contributed by atoms with Gasteiger partial charge in [0.2, 0.25) is 5.16 Å². The summed E-state index contributed by atoms with van der Waals surface area (Å²) in [4.78, 5) is 2.13. The summed E-state index contributed by atoms with van der Waals surface area (Å²) in [6.07, 6.45) is 0. The lowest BCUT2D eigenvalue weighted by molar-refractivity contribution is 0.361. The molecule has 1 rings (SSSR count). The van der Waals surface area contributed by atoms with E-state index < -0.39 is 0 Å². The first-order chi connectivity index (χ1) is 7.74. The van der Waals surface area contributed by atoms with Crippen LogP contribution in [-0.2, 0) is 6.54 Å². The van der Waals surface area contributed by atoms with Crippen molar-refractivity contribution in [3.05, 3.63) is 0 Å². The quantitative estimate of drug-likeness (QED) is 0.515. The molecule has 0 aromatic carbocycles. The second-order valence-corrected chi connectivity index (χ2v) is 5.99. The maximum Gasteiger partial charge on any atom is 0.209 e. The predicted molar refractivity (Wildman–Crippen MR) is 70.1 cm³/mol. The second kappa shape index (κ2) is 7.92. The predicted octanol–water partition coefficient (Wildman–Crippen LogP) is 1.08. The van der Waals surface area contributed by atoms with Crippen LogP contribution in [0.1, 0.15) is 6.92 Å². The van der Waals surface area contributed by atoms with Crippen molar-refractivity contribution < 1.29 is 0 Å². The number of hydrogen-bond acceptors (Lipinski definition) is 6. The van der Waals surface area contributed by atoms with E-state index in [1.807, 2.05) is 16.4 Å². The summed E-state index contributed by atoms with van der Waals surface area (Å²) in [7, 11) is 4.10. The third-order valence-electron chi connectivity index (χ3n) is 1.92. The highest BCUT2D eigenvalue weighted by Gasteiger charge is 2.06. The standard InChI is InChI=1S/C9H19N5S2/c1-4-15-7-8-16-9-10-11-12-14(9)6-5-13(2)3/h4-8H2,1-3H3. The van der Waals surface area contributed by atoms with Gasteiger partial charge in [0.1, 0.15) is 0 Å². The average molecular weight is 261 g/mol. The fraction of sp³-hybridized carbons (Fsp3) is 0.889. The Labute approximate surface area is 105 Å². The van der Waals surface area contributed by atoms with Gasteiger partial charge in [0.15, 0.2) is 0 Å². The highest BCUT2D eigenvalue weighted by Crippen LogP contribution is 2.15. The van der Waals surface area contributed by atoms with Crippen molar-refractivity contribution >= 4 is 23.5 Å². The van der Waals surface area contributed by atoms with E-state index in [0.29, 0.717) is 0 Å². The SMILES string of the molecule is CCSCCSc1nnnn1CCN(C)C. The molecule has 0 amide bonds. The van der Waals surface area contributed by atoms with Crippen molar-refractivity contribution in [1.82, 2.24) is 25.1 Å². The molecule has 0 fully saturated rings. The van der Waals surface area contributed by atoms with Gasteiger partial charge in [0.05, 0.1) is 6.54 Å². The Morgan fingerprint density at radius 2 is 2.12 bits per heavy atom. The molecule has 1 aromatic heterocycles. The highest BCUT2D eigenvalue weighted by molar-refractivity contribution is 8.02. The number of likely N-dealkylation sites (N-methyl/N-ethyl adjacent to an activating group) is 1. The molecule has 0 unspecified atom stereocenters. The molecular weight excluding hydrogens is 242 g/mol. The number of aromatic nitrogens is 4. The summed E-state index contributed by atoms with van der Waals surface area (Å²) in [5.74, 6) is 3.40. The number of hydrogen-bond donors (Lipinski definition) is 0. The molecule has 5 nitrogen and oxygen atoms in total. The minimum absolute atomic E-state index is 0.850. The summed E-state index contributed by atoms with van der Waals surface area (Å²) in [5.41, 5.74) is 0. The van der Waals surface area contributed by atoms with Gasteiger partial charge in [-0.05, 0) is 30.3 Å². The highest BCUT2D eigenvalue weighted by atomic mass is 32.2. The maximum atomic E-state index is 4.03. The van der Waals surface area contributed by atoms with E-state index in [1.165, 1.54) is 5.75 Å². The van der Waals surface area contributed by atoms with Crippen molar-refractivity contribution in [3.8, 4) is 0 Å². The van der Waals surface area contributed by atoms with E-state index in [1.54, 1.807) is 11.8 Å². The Morgan fingerprint density at radius 3 is 2.81 bits per heavy atom. The lowest BCUT2D eigenvalue weighted by Gasteiger charge is -2.09. The zero-order valence-electron chi connectivity index (χ0n) is 10.1. The molecule has 7 heteroatoms. The molecule has 0 radical (unpaired) electrons. The fourth-order valence-electron chi connectivity index (χ4n) is 1.07. The molecule has 92 valence electrons. The number of nitrogens with zero attached hydrogens (tertiary/aromatic N) is 5. The second-order valence-electron chi connectivity index (χ2n) is 3.53. The summed E-state index contributed by atoms with van der Waals surface area (Å²) in [5, 5.41) is 12.7. The molecule has 0 bridgehead atoms. The van der Waals surface area contributed by atoms with Crippen LogP contribution in [0.4, 0.5) is 0 Å². The van der Waals surface area contributed by atoms with E-state index in [4.69, 9.17) is 0 Å². The summed E-state index contributed by atoms with van der Waals surface area (Å²) in [6, 6.07) is 0. The van der Waals surface area contributed by atoms with Gasteiger partial charge in [-0.25, -0.2) is 4.68 Å². The molecule has 16 heavy (non-hydrogen) atoms. The maximum absolute atomic E-state index is 4.03. The van der Waals surface area contributed by atoms with Crippen LogP contribution in [0.25, 0.3) is 0 Å². The molecule has 0 N–H and O–H groups in total. The zero-order valence-corrected chi connectivity index (χ0v) is 11.7. The number of tetrazole rings is 1. The first-order valence-corrected chi connectivity index (χ1v) is 7.49. The molecule has 0 atom stereocenters. The fourth-order valence-corrected chi connectivity index (χ4v) is 2.72. The van der Waals surface area contributed by atoms with Gasteiger partial charge in [-0.15, -0.1) is 5.10 Å². The first-order valence-electron chi connectivity index (χ1n) is 5.35. The van der Waals surface area contributed by atoms with Crippen molar-refractivity contribution in [2.24, 2.45) is 0 Å². The third-order valence-corrected chi connectivity index (χ3v) is 4.04. The van der Waals surface area contributed by atoms with Gasteiger partial charge >= 0.3 is 0 Å². The Bertz CT molecular complexity index is 289. The van der Waals surface area contributed by atoms with E-state index in [2.05, 4.69) is 41.4 Å². The van der Waals surface area contributed by atoms with Gasteiger partial charge in [-0.2, -0.15) is 11.8 Å². The van der Waals surface area contributed by atoms with Crippen LogP contribution in [0.3, 0.4) is 0 Å². The molecule has 0 aliphatic rings. The Morgan fingerprint density at radius 1 is 1.31 bits per heavy atom. The van der Waals surface area contributed by atoms with Crippen LogP contribution < -0.4 is 0 Å². The largest absolute Gasteiger partial charge is 0.308 e. The lowest BCUT2D eigenvalue weighted by atomic mass is 10.6. The summed E-state index contributed by atoms with van der Waals surface area (Å²) >= 11 is 3.68. The smallest absolute Gasteiger partial charge is 0.209 e. The average Bonchev–Trinajstić information content (AvgIpc) is 2.69. The molecule has 0 saturated heterocycles. The summed E-state index contributed by atoms with van der Waals surface area (Å²) in [6.45, 7) is 3.99. The number of thioether (sulfide) groups is 2. The normalized spacial score (nSPS) is 11.2. The van der Waals surface area contributed by atoms with Crippen LogP contribution in [0.5, 0.6) is 0 Å². The van der Waals surface area contributed by atoms with Crippen LogP contribution in [0, 0.1) is 0 Å². The lowest BCUT2D eigenvalue weighted by Crippen LogP contribution is -2.19. The van der Waals surface area contributed by atoms with Crippen LogP contribution in [0.15, 0.2) is 5.16 Å². The molecule has 0 spiro atoms. The Kier molecular flexibility index (Phi) is 6.82. The molecule has 1 aromatic rings. The van der Waals surface area contributed by atoms with E-state index in [9.17, 15) is 0 Å². The summed E-state index contributed by atoms with van der Waals surface area (Å²) < 4.78 is 1.88. The minimum atomic E-state index is 0.850. The van der Waals surface area contributed by atoms with Gasteiger partial charge in [0, 0.05) is 18.1 Å². The van der Waals surface area contributed by atoms with Crippen molar-refractivity contribution in [1.29, 1.82) is 0 Å². The molecular formula is C9H19N5S2. The van der Waals surface area contributed by atoms with Gasteiger partial charge in [-0.3, -0.25) is 0 Å². The van der Waals surface area contributed by atoms with Crippen LogP contribution in [-0.4, -0.2) is 63.0 Å². The number of rotatable bonds is 8.